The van der Waals surface area contributed by atoms with Gasteiger partial charge in [0.05, 0.1) is 41.0 Å². The van der Waals surface area contributed by atoms with Crippen LogP contribution in [-0.2, 0) is 5.54 Å². The lowest BCUT2D eigenvalue weighted by molar-refractivity contribution is 0.0676. The van der Waals surface area contributed by atoms with Gasteiger partial charge in [0, 0.05) is 25.3 Å². The molecule has 9 heteroatoms. The van der Waals surface area contributed by atoms with Crippen LogP contribution in [0.2, 0.25) is 0 Å². The van der Waals surface area contributed by atoms with Gasteiger partial charge in [-0.1, -0.05) is 0 Å². The largest absolute Gasteiger partial charge is 0.345 e. The molecule has 1 unspecified atom stereocenters. The van der Waals surface area contributed by atoms with Crippen molar-refractivity contribution in [3.8, 4) is 0 Å². The fourth-order valence-corrected chi connectivity index (χ4v) is 3.93. The second-order valence-corrected chi connectivity index (χ2v) is 7.97. The van der Waals surface area contributed by atoms with Gasteiger partial charge in [-0.05, 0) is 37.8 Å². The van der Waals surface area contributed by atoms with Gasteiger partial charge in [-0.25, -0.2) is 9.97 Å². The molecule has 3 aromatic heterocycles. The molecule has 5 rings (SSSR count). The number of nitrogens with zero attached hydrogens (tertiary/aromatic N) is 4. The normalized spacial score (nSPS) is 20.6. The Kier molecular flexibility index (Phi) is 4.13. The molecular formula is C20H23N7O2. The summed E-state index contributed by atoms with van der Waals surface area (Å²) in [4.78, 5) is 38.8. The molecule has 0 spiro atoms. The maximum atomic E-state index is 13.1. The van der Waals surface area contributed by atoms with E-state index in [1.54, 1.807) is 23.6 Å². The fraction of sp³-hybridized carbons (Fsp3) is 0.400. The van der Waals surface area contributed by atoms with Gasteiger partial charge in [0.15, 0.2) is 5.82 Å². The number of H-pyrrole nitrogens is 1. The Labute approximate surface area is 167 Å². The molecule has 0 radical (unpaired) electrons. The second-order valence-electron chi connectivity index (χ2n) is 7.97. The molecule has 9 nitrogen and oxygen atoms in total. The van der Waals surface area contributed by atoms with Crippen LogP contribution in [0, 0.1) is 0 Å². The number of hydrogen-bond donors (Lipinski definition) is 3. The molecule has 2 fully saturated rings. The van der Waals surface area contributed by atoms with Crippen LogP contribution in [0.5, 0.6) is 0 Å². The van der Waals surface area contributed by atoms with E-state index in [2.05, 4.69) is 20.3 Å². The van der Waals surface area contributed by atoms with Gasteiger partial charge in [-0.3, -0.25) is 9.59 Å². The molecule has 2 amide bonds. The number of rotatable bonds is 4. The quantitative estimate of drug-likeness (QED) is 0.611. The lowest BCUT2D eigenvalue weighted by Gasteiger charge is -2.33. The number of aromatic nitrogens is 4. The molecule has 29 heavy (non-hydrogen) atoms. The summed E-state index contributed by atoms with van der Waals surface area (Å²) in [7, 11) is 0. The summed E-state index contributed by atoms with van der Waals surface area (Å²) < 4.78 is 1.83. The highest BCUT2D eigenvalue weighted by atomic mass is 16.2. The molecule has 2 aliphatic rings. The summed E-state index contributed by atoms with van der Waals surface area (Å²) in [5.74, 6) is -0.0453. The van der Waals surface area contributed by atoms with Gasteiger partial charge in [0.2, 0.25) is 0 Å². The fourth-order valence-electron chi connectivity index (χ4n) is 3.93. The van der Waals surface area contributed by atoms with Crippen LogP contribution in [0.4, 0.5) is 0 Å². The molecule has 1 aliphatic carbocycles. The van der Waals surface area contributed by atoms with E-state index in [1.807, 2.05) is 22.7 Å². The molecule has 4 heterocycles. The summed E-state index contributed by atoms with van der Waals surface area (Å²) >= 11 is 0. The first-order chi connectivity index (χ1) is 14.0. The molecule has 4 N–H and O–H groups in total. The Bertz CT molecular complexity index is 1080. The number of nitrogens with two attached hydrogens (primary N) is 1. The minimum absolute atomic E-state index is 0.0471. The lowest BCUT2D eigenvalue weighted by Crippen LogP contribution is -2.49. The average molecular weight is 393 g/mol. The van der Waals surface area contributed by atoms with Crippen LogP contribution in [0.1, 0.15) is 52.4 Å². The van der Waals surface area contributed by atoms with Crippen LogP contribution in [0.25, 0.3) is 5.52 Å². The average Bonchev–Trinajstić information content (AvgIpc) is 3.16. The van der Waals surface area contributed by atoms with E-state index in [0.29, 0.717) is 18.7 Å². The van der Waals surface area contributed by atoms with Crippen molar-refractivity contribution >= 4 is 17.3 Å². The highest BCUT2D eigenvalue weighted by Gasteiger charge is 2.42. The summed E-state index contributed by atoms with van der Waals surface area (Å²) in [5, 5.41) is 3.00. The van der Waals surface area contributed by atoms with Crippen molar-refractivity contribution in [2.75, 3.05) is 13.1 Å². The predicted octanol–water partition coefficient (Wildman–Crippen LogP) is 1.04. The van der Waals surface area contributed by atoms with Gasteiger partial charge >= 0.3 is 0 Å². The Morgan fingerprint density at radius 2 is 2.17 bits per heavy atom. The number of likely N-dealkylation sites (tertiary alicyclic amines) is 1. The van der Waals surface area contributed by atoms with Crippen molar-refractivity contribution in [2.24, 2.45) is 5.73 Å². The first-order valence-electron chi connectivity index (χ1n) is 9.89. The highest BCUT2D eigenvalue weighted by molar-refractivity contribution is 6.00. The molecule has 1 saturated carbocycles. The number of hydrogen-bond acceptors (Lipinski definition) is 5. The lowest BCUT2D eigenvalue weighted by atomic mass is 10.0. The molecular weight excluding hydrogens is 370 g/mol. The van der Waals surface area contributed by atoms with Gasteiger partial charge in [-0.15, -0.1) is 0 Å². The maximum absolute atomic E-state index is 13.1. The predicted molar refractivity (Wildman–Crippen MR) is 105 cm³/mol. The van der Waals surface area contributed by atoms with E-state index in [9.17, 15) is 9.59 Å². The van der Waals surface area contributed by atoms with E-state index in [-0.39, 0.29) is 29.2 Å². The van der Waals surface area contributed by atoms with Crippen LogP contribution < -0.4 is 11.1 Å². The Morgan fingerprint density at radius 3 is 3.00 bits per heavy atom. The summed E-state index contributed by atoms with van der Waals surface area (Å²) in [5.41, 5.74) is 8.00. The van der Waals surface area contributed by atoms with Crippen molar-refractivity contribution in [3.63, 3.8) is 0 Å². The highest BCUT2D eigenvalue weighted by Crippen LogP contribution is 2.41. The molecule has 0 aromatic carbocycles. The summed E-state index contributed by atoms with van der Waals surface area (Å²) in [6.07, 6.45) is 10.3. The number of piperidine rings is 1. The van der Waals surface area contributed by atoms with E-state index in [0.717, 1.165) is 36.9 Å². The van der Waals surface area contributed by atoms with Gasteiger partial charge in [0.1, 0.15) is 0 Å². The minimum Gasteiger partial charge on any atom is -0.345 e. The smallest absolute Gasteiger partial charge is 0.287 e. The standard InChI is InChI=1S/C20H23N7O2/c21-20(5-6-20)16-10-23-17(25-16)18(28)24-13-3-1-7-26(11-13)19(29)14-4-2-8-27-12-22-9-15(14)27/h2,4,8-10,12-13H,1,3,5-7,11,21H2,(H,23,25)(H,24,28). The zero-order valence-electron chi connectivity index (χ0n) is 16.0. The Balaban J connectivity index is 1.27. The number of aromatic amines is 1. The molecule has 1 aliphatic heterocycles. The van der Waals surface area contributed by atoms with Crippen LogP contribution in [0.3, 0.4) is 0 Å². The van der Waals surface area contributed by atoms with Crippen molar-refractivity contribution in [1.29, 1.82) is 0 Å². The third kappa shape index (κ3) is 3.27. The Morgan fingerprint density at radius 1 is 1.31 bits per heavy atom. The van der Waals surface area contributed by atoms with Crippen LogP contribution in [0.15, 0.2) is 37.1 Å². The monoisotopic (exact) mass is 393 g/mol. The van der Waals surface area contributed by atoms with Gasteiger partial charge in [-0.2, -0.15) is 0 Å². The molecule has 0 bridgehead atoms. The van der Waals surface area contributed by atoms with Crippen molar-refractivity contribution in [2.45, 2.75) is 37.3 Å². The van der Waals surface area contributed by atoms with E-state index in [4.69, 9.17) is 5.73 Å². The van der Waals surface area contributed by atoms with E-state index < -0.39 is 0 Å². The van der Waals surface area contributed by atoms with Crippen LogP contribution >= 0.6 is 0 Å². The Hall–Kier alpha value is -3.20. The SMILES string of the molecule is NC1(c2cnc(C(=O)NC3CCCN(C(=O)c4cccn5cncc45)C3)[nH]2)CC1. The molecule has 1 saturated heterocycles. The number of amides is 2. The van der Waals surface area contributed by atoms with E-state index in [1.165, 1.54) is 0 Å². The third-order valence-corrected chi connectivity index (χ3v) is 5.84. The van der Waals surface area contributed by atoms with Crippen molar-refractivity contribution < 1.29 is 9.59 Å². The number of carbonyl (C=O) groups is 2. The number of imidazole rings is 2. The number of fused-ring (bicyclic) bond motifs is 1. The van der Waals surface area contributed by atoms with E-state index >= 15 is 0 Å². The summed E-state index contributed by atoms with van der Waals surface area (Å²) in [6.45, 7) is 1.13. The molecule has 1 atom stereocenters. The minimum atomic E-state index is -0.353. The van der Waals surface area contributed by atoms with Crippen molar-refractivity contribution in [1.82, 2.24) is 29.6 Å². The maximum Gasteiger partial charge on any atom is 0.287 e. The molecule has 3 aromatic rings. The first kappa shape index (κ1) is 17.9. The number of carbonyl (C=O) groups excluding carboxylic acids is 2. The molecule has 150 valence electrons. The van der Waals surface area contributed by atoms with Crippen LogP contribution in [-0.4, -0.2) is 55.2 Å². The van der Waals surface area contributed by atoms with Gasteiger partial charge < -0.3 is 25.3 Å². The zero-order valence-corrected chi connectivity index (χ0v) is 16.0. The number of nitrogens with one attached hydrogen (secondary N) is 2. The van der Waals surface area contributed by atoms with Crippen molar-refractivity contribution in [3.05, 3.63) is 54.1 Å². The van der Waals surface area contributed by atoms with Gasteiger partial charge in [0.25, 0.3) is 11.8 Å². The second kappa shape index (κ2) is 6.70. The summed E-state index contributed by atoms with van der Waals surface area (Å²) in [6, 6.07) is 3.53. The zero-order chi connectivity index (χ0) is 20.0. The topological polar surface area (TPSA) is 121 Å². The third-order valence-electron chi connectivity index (χ3n) is 5.84. The number of pyridine rings is 1. The first-order valence-corrected chi connectivity index (χ1v) is 9.89.